The maximum atomic E-state index is 11.1. The van der Waals surface area contributed by atoms with Gasteiger partial charge in [-0.25, -0.2) is 0 Å². The van der Waals surface area contributed by atoms with Crippen LogP contribution in [0.3, 0.4) is 0 Å². The molecule has 2 rings (SSSR count). The highest BCUT2D eigenvalue weighted by Crippen LogP contribution is 2.15. The lowest BCUT2D eigenvalue weighted by molar-refractivity contribution is 0.101. The molecule has 1 nitrogen and oxygen atoms in total. The molecule has 0 spiro atoms. The van der Waals surface area contributed by atoms with Crippen molar-refractivity contribution in [3.63, 3.8) is 0 Å². The van der Waals surface area contributed by atoms with Crippen molar-refractivity contribution in [1.29, 1.82) is 0 Å². The van der Waals surface area contributed by atoms with Gasteiger partial charge in [0, 0.05) is 5.56 Å². The largest absolute Gasteiger partial charge is 0.295 e. The van der Waals surface area contributed by atoms with Gasteiger partial charge in [-0.05, 0) is 35.9 Å². The summed E-state index contributed by atoms with van der Waals surface area (Å²) < 4.78 is 0. The van der Waals surface area contributed by atoms with Gasteiger partial charge in [0.2, 0.25) is 0 Å². The van der Waals surface area contributed by atoms with Crippen LogP contribution in [0.2, 0.25) is 0 Å². The highest BCUT2D eigenvalue weighted by molar-refractivity contribution is 5.98. The number of fused-ring (bicyclic) bond motifs is 1. The first-order valence-electron chi connectivity index (χ1n) is 4.18. The minimum atomic E-state index is 0.106. The summed E-state index contributed by atoms with van der Waals surface area (Å²) in [4.78, 5) is 11.1. The molecule has 13 heavy (non-hydrogen) atoms. The van der Waals surface area contributed by atoms with Crippen molar-refractivity contribution in [2.45, 2.75) is 6.92 Å². The first-order chi connectivity index (χ1) is 6.27. The molecule has 0 N–H and O–H groups in total. The number of rotatable bonds is 1. The molecule has 63 valence electrons. The third-order valence-corrected chi connectivity index (χ3v) is 2.09. The summed E-state index contributed by atoms with van der Waals surface area (Å²) in [5, 5.41) is 2.21. The molecule has 0 amide bonds. The number of carbonyl (C=O) groups excluding carboxylic acids is 1. The van der Waals surface area contributed by atoms with Gasteiger partial charge in [-0.1, -0.05) is 24.3 Å². The Bertz CT molecular complexity index is 457. The van der Waals surface area contributed by atoms with E-state index in [-0.39, 0.29) is 5.78 Å². The topological polar surface area (TPSA) is 17.1 Å². The summed E-state index contributed by atoms with van der Waals surface area (Å²) in [5.41, 5.74) is 0.763. The molecule has 0 saturated carbocycles. The van der Waals surface area contributed by atoms with E-state index in [0.29, 0.717) is 0 Å². The number of hydrogen-bond acceptors (Lipinski definition) is 1. The Kier molecular flexibility index (Phi) is 1.85. The monoisotopic (exact) mass is 169 g/mol. The first-order valence-corrected chi connectivity index (χ1v) is 4.18. The smallest absolute Gasteiger partial charge is 0.159 e. The molecule has 0 atom stereocenters. The van der Waals surface area contributed by atoms with Crippen LogP contribution in [0.25, 0.3) is 10.8 Å². The minimum absolute atomic E-state index is 0.106. The van der Waals surface area contributed by atoms with E-state index in [9.17, 15) is 4.79 Å². The molecule has 0 saturated heterocycles. The van der Waals surface area contributed by atoms with Crippen LogP contribution in [0.4, 0.5) is 0 Å². The summed E-state index contributed by atoms with van der Waals surface area (Å²) in [6.07, 6.45) is 0. The van der Waals surface area contributed by atoms with E-state index in [1.54, 1.807) is 6.92 Å². The van der Waals surface area contributed by atoms with Crippen LogP contribution in [0.5, 0.6) is 0 Å². The number of ketones is 1. The van der Waals surface area contributed by atoms with Gasteiger partial charge in [0.1, 0.15) is 0 Å². The predicted octanol–water partition coefficient (Wildman–Crippen LogP) is 2.84. The van der Waals surface area contributed by atoms with Crippen molar-refractivity contribution in [2.75, 3.05) is 0 Å². The zero-order chi connectivity index (χ0) is 9.26. The standard InChI is InChI=1S/C12H9O/c1-9(13)11-7-6-10-4-2-3-5-12(10)8-11/h3-8H,1H3. The van der Waals surface area contributed by atoms with Crippen molar-refractivity contribution in [2.24, 2.45) is 0 Å². The van der Waals surface area contributed by atoms with E-state index in [4.69, 9.17) is 0 Å². The summed E-state index contributed by atoms with van der Waals surface area (Å²) >= 11 is 0. The number of Topliss-reactive ketones (excluding diaryl/α,β-unsaturated/α-hetero) is 1. The van der Waals surface area contributed by atoms with Crippen LogP contribution >= 0.6 is 0 Å². The Morgan fingerprint density at radius 3 is 2.85 bits per heavy atom. The second kappa shape index (κ2) is 3.02. The Hall–Kier alpha value is -1.63. The average Bonchev–Trinajstić information content (AvgIpc) is 2.17. The van der Waals surface area contributed by atoms with E-state index in [1.807, 2.05) is 36.4 Å². The fourth-order valence-corrected chi connectivity index (χ4v) is 1.35. The zero-order valence-electron chi connectivity index (χ0n) is 7.37. The van der Waals surface area contributed by atoms with Crippen LogP contribution in [-0.4, -0.2) is 5.78 Å². The van der Waals surface area contributed by atoms with Crippen molar-refractivity contribution in [1.82, 2.24) is 0 Å². The Labute approximate surface area is 77.0 Å². The molecule has 0 fully saturated rings. The number of carbonyl (C=O) groups is 1. The molecule has 0 bridgehead atoms. The van der Waals surface area contributed by atoms with E-state index in [0.717, 1.165) is 16.3 Å². The normalized spacial score (nSPS) is 10.2. The second-order valence-electron chi connectivity index (χ2n) is 3.04. The van der Waals surface area contributed by atoms with Crippen LogP contribution in [-0.2, 0) is 0 Å². The Balaban J connectivity index is 2.69. The first kappa shape index (κ1) is 7.99. The van der Waals surface area contributed by atoms with Crippen LogP contribution in [0.15, 0.2) is 36.4 Å². The minimum Gasteiger partial charge on any atom is -0.295 e. The molecule has 0 aliphatic carbocycles. The zero-order valence-corrected chi connectivity index (χ0v) is 7.37. The molecular formula is C12H9O. The van der Waals surface area contributed by atoms with Gasteiger partial charge in [0.25, 0.3) is 0 Å². The lowest BCUT2D eigenvalue weighted by atomic mass is 10.1. The van der Waals surface area contributed by atoms with E-state index < -0.39 is 0 Å². The number of benzene rings is 2. The molecule has 2 aromatic carbocycles. The number of hydrogen-bond donors (Lipinski definition) is 0. The van der Waals surface area contributed by atoms with E-state index in [2.05, 4.69) is 6.07 Å². The fourth-order valence-electron chi connectivity index (χ4n) is 1.35. The highest BCUT2D eigenvalue weighted by Gasteiger charge is 1.99. The van der Waals surface area contributed by atoms with Gasteiger partial charge in [-0.2, -0.15) is 0 Å². The Morgan fingerprint density at radius 1 is 1.23 bits per heavy atom. The molecule has 0 aromatic heterocycles. The lowest BCUT2D eigenvalue weighted by Gasteiger charge is -1.98. The van der Waals surface area contributed by atoms with Gasteiger partial charge in [-0.15, -0.1) is 0 Å². The summed E-state index contributed by atoms with van der Waals surface area (Å²) in [7, 11) is 0. The third kappa shape index (κ3) is 1.45. The maximum Gasteiger partial charge on any atom is 0.159 e. The SMILES string of the molecule is CC(=O)c1ccc2c[c]ccc2c1. The summed E-state index contributed by atoms with van der Waals surface area (Å²) in [6.45, 7) is 1.58. The van der Waals surface area contributed by atoms with Crippen molar-refractivity contribution in [3.8, 4) is 0 Å². The molecule has 0 aliphatic heterocycles. The van der Waals surface area contributed by atoms with Crippen molar-refractivity contribution in [3.05, 3.63) is 48.0 Å². The predicted molar refractivity (Wildman–Crippen MR) is 52.8 cm³/mol. The van der Waals surface area contributed by atoms with Crippen molar-refractivity contribution >= 4 is 16.6 Å². The molecule has 0 aliphatic rings. The van der Waals surface area contributed by atoms with Crippen LogP contribution in [0.1, 0.15) is 17.3 Å². The molecule has 2 aromatic rings. The Morgan fingerprint density at radius 2 is 2.08 bits per heavy atom. The van der Waals surface area contributed by atoms with Crippen molar-refractivity contribution < 1.29 is 4.79 Å². The molecular weight excluding hydrogens is 160 g/mol. The van der Waals surface area contributed by atoms with Gasteiger partial charge in [-0.3, -0.25) is 4.79 Å². The van der Waals surface area contributed by atoms with Gasteiger partial charge in [0.15, 0.2) is 5.78 Å². The van der Waals surface area contributed by atoms with Gasteiger partial charge >= 0.3 is 0 Å². The average molecular weight is 169 g/mol. The van der Waals surface area contributed by atoms with E-state index >= 15 is 0 Å². The summed E-state index contributed by atoms with van der Waals surface area (Å²) in [5.74, 6) is 0.106. The van der Waals surface area contributed by atoms with E-state index in [1.165, 1.54) is 0 Å². The second-order valence-corrected chi connectivity index (χ2v) is 3.04. The highest BCUT2D eigenvalue weighted by atomic mass is 16.1. The van der Waals surface area contributed by atoms with Gasteiger partial charge < -0.3 is 0 Å². The third-order valence-electron chi connectivity index (χ3n) is 2.09. The lowest BCUT2D eigenvalue weighted by Crippen LogP contribution is -1.90. The van der Waals surface area contributed by atoms with Crippen LogP contribution in [0, 0.1) is 6.07 Å². The quantitative estimate of drug-likeness (QED) is 0.600. The molecule has 0 heterocycles. The van der Waals surface area contributed by atoms with Gasteiger partial charge in [0.05, 0.1) is 0 Å². The molecule has 1 heteroatoms. The van der Waals surface area contributed by atoms with Crippen LogP contribution < -0.4 is 0 Å². The molecule has 1 radical (unpaired) electrons. The maximum absolute atomic E-state index is 11.1. The fraction of sp³-hybridized carbons (Fsp3) is 0.0833. The summed E-state index contributed by atoms with van der Waals surface area (Å²) in [6, 6.07) is 14.4. The molecule has 0 unspecified atom stereocenters.